The summed E-state index contributed by atoms with van der Waals surface area (Å²) < 4.78 is 5.46. The van der Waals surface area contributed by atoms with E-state index in [4.69, 9.17) is 16.3 Å². The van der Waals surface area contributed by atoms with E-state index in [0.29, 0.717) is 43.1 Å². The number of nitrogens with zero attached hydrogens (tertiary/aromatic N) is 3. The van der Waals surface area contributed by atoms with Crippen molar-refractivity contribution in [2.24, 2.45) is 0 Å². The van der Waals surface area contributed by atoms with Gasteiger partial charge in [-0.05, 0) is 20.3 Å². The van der Waals surface area contributed by atoms with Crippen LogP contribution in [0.25, 0.3) is 0 Å². The van der Waals surface area contributed by atoms with Crippen LogP contribution in [0.3, 0.4) is 0 Å². The smallest absolute Gasteiger partial charge is 0.245 e. The van der Waals surface area contributed by atoms with Crippen LogP contribution < -0.4 is 10.2 Å². The molecule has 1 aromatic rings. The maximum absolute atomic E-state index is 12.3. The molecular formula is C14H21ClN4O2. The Kier molecular flexibility index (Phi) is 5.36. The van der Waals surface area contributed by atoms with Gasteiger partial charge in [0.15, 0.2) is 0 Å². The molecule has 6 nitrogen and oxygen atoms in total. The molecule has 1 amide bonds. The Bertz CT molecular complexity index is 524. The third kappa shape index (κ3) is 3.63. The van der Waals surface area contributed by atoms with Crippen LogP contribution >= 0.6 is 11.6 Å². The van der Waals surface area contributed by atoms with Crippen molar-refractivity contribution in [3.63, 3.8) is 0 Å². The average Bonchev–Trinajstić information content (AvgIpc) is 2.48. The lowest BCUT2D eigenvalue weighted by Gasteiger charge is -2.36. The molecule has 1 aliphatic rings. The number of morpholine rings is 1. The number of hydrogen-bond donors (Lipinski definition) is 1. The summed E-state index contributed by atoms with van der Waals surface area (Å²) in [6.07, 6.45) is 0.900. The number of aromatic nitrogens is 2. The first-order valence-corrected chi connectivity index (χ1v) is 7.55. The number of carbonyl (C=O) groups is 1. The molecule has 1 aromatic heterocycles. The molecule has 2 heterocycles. The fourth-order valence-corrected chi connectivity index (χ4v) is 2.51. The highest BCUT2D eigenvalue weighted by Crippen LogP contribution is 2.26. The molecule has 1 fully saturated rings. The summed E-state index contributed by atoms with van der Waals surface area (Å²) in [4.78, 5) is 22.9. The standard InChI is InChI=1S/C14H21ClN4O2/c1-4-5-16-14(20)11-8-21-7-6-19(11)13-9(2)12(15)17-10(3)18-13/h11H,4-8H2,1-3H3,(H,16,20). The van der Waals surface area contributed by atoms with Crippen molar-refractivity contribution in [3.8, 4) is 0 Å². The zero-order valence-corrected chi connectivity index (χ0v) is 13.4. The topological polar surface area (TPSA) is 67.3 Å². The Hall–Kier alpha value is -1.40. The number of hydrogen-bond acceptors (Lipinski definition) is 5. The second-order valence-electron chi connectivity index (χ2n) is 5.09. The Morgan fingerprint density at radius 2 is 2.24 bits per heavy atom. The van der Waals surface area contributed by atoms with Crippen molar-refractivity contribution in [1.82, 2.24) is 15.3 Å². The first-order chi connectivity index (χ1) is 10.0. The van der Waals surface area contributed by atoms with Crippen molar-refractivity contribution >= 4 is 23.3 Å². The number of halogens is 1. The zero-order chi connectivity index (χ0) is 15.4. The first kappa shape index (κ1) is 16.0. The molecule has 0 aromatic carbocycles. The van der Waals surface area contributed by atoms with Crippen molar-refractivity contribution in [3.05, 3.63) is 16.5 Å². The molecule has 0 spiro atoms. The Balaban J connectivity index is 2.28. The summed E-state index contributed by atoms with van der Waals surface area (Å²) in [6.45, 7) is 7.87. The van der Waals surface area contributed by atoms with Crippen molar-refractivity contribution in [2.75, 3.05) is 31.2 Å². The fraction of sp³-hybridized carbons (Fsp3) is 0.643. The van der Waals surface area contributed by atoms with Gasteiger partial charge in [-0.3, -0.25) is 4.79 Å². The lowest BCUT2D eigenvalue weighted by molar-refractivity contribution is -0.124. The van der Waals surface area contributed by atoms with Gasteiger partial charge in [0.25, 0.3) is 0 Å². The van der Waals surface area contributed by atoms with Gasteiger partial charge in [0.05, 0.1) is 13.2 Å². The Labute approximate surface area is 129 Å². The van der Waals surface area contributed by atoms with Gasteiger partial charge in [0, 0.05) is 18.7 Å². The number of aryl methyl sites for hydroxylation is 1. The van der Waals surface area contributed by atoms with Crippen molar-refractivity contribution in [2.45, 2.75) is 33.2 Å². The normalized spacial score (nSPS) is 18.7. The molecule has 0 aliphatic carbocycles. The van der Waals surface area contributed by atoms with E-state index in [1.165, 1.54) is 0 Å². The molecule has 0 radical (unpaired) electrons. The van der Waals surface area contributed by atoms with E-state index in [1.807, 2.05) is 18.7 Å². The van der Waals surface area contributed by atoms with Crippen LogP contribution in [0.1, 0.15) is 24.7 Å². The SMILES string of the molecule is CCCNC(=O)C1COCCN1c1nc(C)nc(Cl)c1C. The van der Waals surface area contributed by atoms with Gasteiger partial charge in [-0.25, -0.2) is 9.97 Å². The van der Waals surface area contributed by atoms with Crippen LogP contribution in [0, 0.1) is 13.8 Å². The molecule has 0 bridgehead atoms. The van der Waals surface area contributed by atoms with Gasteiger partial charge in [-0.2, -0.15) is 0 Å². The summed E-state index contributed by atoms with van der Waals surface area (Å²) in [5, 5.41) is 3.34. The minimum Gasteiger partial charge on any atom is -0.377 e. The number of carbonyl (C=O) groups excluding carboxylic acids is 1. The summed E-state index contributed by atoms with van der Waals surface area (Å²) in [5.41, 5.74) is 0.789. The summed E-state index contributed by atoms with van der Waals surface area (Å²) in [5.74, 6) is 1.27. The highest BCUT2D eigenvalue weighted by Gasteiger charge is 2.31. The zero-order valence-electron chi connectivity index (χ0n) is 12.6. The van der Waals surface area contributed by atoms with Crippen LogP contribution in [0.4, 0.5) is 5.82 Å². The van der Waals surface area contributed by atoms with Crippen LogP contribution in [-0.4, -0.2) is 48.2 Å². The quantitative estimate of drug-likeness (QED) is 0.853. The van der Waals surface area contributed by atoms with E-state index >= 15 is 0 Å². The Morgan fingerprint density at radius 3 is 2.95 bits per heavy atom. The summed E-state index contributed by atoms with van der Waals surface area (Å²) >= 11 is 6.14. The fourth-order valence-electron chi connectivity index (χ4n) is 2.30. The van der Waals surface area contributed by atoms with E-state index in [0.717, 1.165) is 12.0 Å². The third-order valence-corrected chi connectivity index (χ3v) is 3.79. The first-order valence-electron chi connectivity index (χ1n) is 7.17. The molecule has 2 rings (SSSR count). The van der Waals surface area contributed by atoms with E-state index in [2.05, 4.69) is 15.3 Å². The molecule has 116 valence electrons. The van der Waals surface area contributed by atoms with Gasteiger partial charge in [-0.15, -0.1) is 0 Å². The summed E-state index contributed by atoms with van der Waals surface area (Å²) in [7, 11) is 0. The summed E-state index contributed by atoms with van der Waals surface area (Å²) in [6, 6.07) is -0.380. The van der Waals surface area contributed by atoms with E-state index in [-0.39, 0.29) is 11.9 Å². The van der Waals surface area contributed by atoms with Crippen molar-refractivity contribution < 1.29 is 9.53 Å². The minimum atomic E-state index is -0.380. The second kappa shape index (κ2) is 7.04. The van der Waals surface area contributed by atoms with Crippen molar-refractivity contribution in [1.29, 1.82) is 0 Å². The van der Waals surface area contributed by atoms with Gasteiger partial charge < -0.3 is 15.0 Å². The van der Waals surface area contributed by atoms with Gasteiger partial charge in [0.2, 0.25) is 5.91 Å². The molecule has 1 unspecified atom stereocenters. The number of rotatable bonds is 4. The lowest BCUT2D eigenvalue weighted by Crippen LogP contribution is -2.54. The number of anilines is 1. The number of nitrogens with one attached hydrogen (secondary N) is 1. The molecule has 7 heteroatoms. The van der Waals surface area contributed by atoms with Gasteiger partial charge in [0.1, 0.15) is 22.8 Å². The number of ether oxygens (including phenoxy) is 1. The molecule has 1 N–H and O–H groups in total. The molecule has 0 saturated carbocycles. The number of amides is 1. The lowest BCUT2D eigenvalue weighted by atomic mass is 10.2. The van der Waals surface area contributed by atoms with E-state index in [1.54, 1.807) is 6.92 Å². The van der Waals surface area contributed by atoms with Gasteiger partial charge in [-0.1, -0.05) is 18.5 Å². The third-order valence-electron chi connectivity index (χ3n) is 3.42. The van der Waals surface area contributed by atoms with E-state index < -0.39 is 0 Å². The maximum Gasteiger partial charge on any atom is 0.245 e. The molecule has 1 atom stereocenters. The van der Waals surface area contributed by atoms with Crippen LogP contribution in [0.5, 0.6) is 0 Å². The van der Waals surface area contributed by atoms with E-state index in [9.17, 15) is 4.79 Å². The molecule has 1 saturated heterocycles. The molecule has 21 heavy (non-hydrogen) atoms. The van der Waals surface area contributed by atoms with Crippen LogP contribution in [0.2, 0.25) is 5.15 Å². The Morgan fingerprint density at radius 1 is 1.48 bits per heavy atom. The molecule has 1 aliphatic heterocycles. The highest BCUT2D eigenvalue weighted by atomic mass is 35.5. The minimum absolute atomic E-state index is 0.0386. The maximum atomic E-state index is 12.3. The van der Waals surface area contributed by atoms with Crippen LogP contribution in [-0.2, 0) is 9.53 Å². The van der Waals surface area contributed by atoms with Gasteiger partial charge >= 0.3 is 0 Å². The largest absolute Gasteiger partial charge is 0.377 e. The predicted molar refractivity (Wildman–Crippen MR) is 81.8 cm³/mol. The average molecular weight is 313 g/mol. The monoisotopic (exact) mass is 312 g/mol. The highest BCUT2D eigenvalue weighted by molar-refractivity contribution is 6.30. The molecular weight excluding hydrogens is 292 g/mol. The predicted octanol–water partition coefficient (Wildman–Crippen LogP) is 1.48. The second-order valence-corrected chi connectivity index (χ2v) is 5.44. The van der Waals surface area contributed by atoms with Crippen LogP contribution in [0.15, 0.2) is 0 Å².